The lowest BCUT2D eigenvalue weighted by atomic mass is 10.3. The van der Waals surface area contributed by atoms with Crippen LogP contribution in [0.1, 0.15) is 11.7 Å². The first-order valence-corrected chi connectivity index (χ1v) is 5.85. The van der Waals surface area contributed by atoms with Crippen LogP contribution in [0, 0.1) is 6.92 Å². The number of hydrogen-bond acceptors (Lipinski definition) is 5. The van der Waals surface area contributed by atoms with Crippen LogP contribution in [0.5, 0.6) is 0 Å². The number of carbonyl (C=O) groups excluding carboxylic acids is 1. The Labute approximate surface area is 109 Å². The molecule has 0 bridgehead atoms. The molecule has 1 aliphatic rings. The summed E-state index contributed by atoms with van der Waals surface area (Å²) in [6.45, 7) is 2.54. The number of nitrogens with one attached hydrogen (secondary N) is 1. The molecule has 0 spiro atoms. The molecule has 1 aromatic heterocycles. The quantitative estimate of drug-likeness (QED) is 0.798. The van der Waals surface area contributed by atoms with E-state index in [0.29, 0.717) is 18.2 Å². The lowest BCUT2D eigenvalue weighted by Gasteiger charge is -2.30. The van der Waals surface area contributed by atoms with Gasteiger partial charge in [-0.15, -0.1) is 0 Å². The molecule has 2 rings (SSSR count). The molecule has 2 heterocycles. The largest absolute Gasteiger partial charge is 0.479 e. The molecule has 1 aromatic rings. The summed E-state index contributed by atoms with van der Waals surface area (Å²) in [4.78, 5) is 28.0. The molecule has 8 nitrogen and oxygen atoms in total. The van der Waals surface area contributed by atoms with E-state index >= 15 is 0 Å². The van der Waals surface area contributed by atoms with Crippen molar-refractivity contribution in [2.45, 2.75) is 19.6 Å². The molecule has 0 aliphatic carbocycles. The summed E-state index contributed by atoms with van der Waals surface area (Å²) in [5.74, 6) is 0.0104. The molecule has 104 valence electrons. The molecule has 2 N–H and O–H groups in total. The van der Waals surface area contributed by atoms with Crippen LogP contribution >= 0.6 is 0 Å². The maximum Gasteiger partial charge on any atom is 0.334 e. The van der Waals surface area contributed by atoms with Crippen molar-refractivity contribution in [2.75, 3.05) is 19.7 Å². The van der Waals surface area contributed by atoms with Crippen molar-refractivity contribution in [3.05, 3.63) is 17.8 Å². The van der Waals surface area contributed by atoms with Gasteiger partial charge >= 0.3 is 12.0 Å². The zero-order valence-electron chi connectivity index (χ0n) is 10.5. The number of amides is 2. The summed E-state index contributed by atoms with van der Waals surface area (Å²) in [6.07, 6.45) is 0.597. The fourth-order valence-corrected chi connectivity index (χ4v) is 1.73. The van der Waals surface area contributed by atoms with Crippen molar-refractivity contribution in [3.63, 3.8) is 0 Å². The second-order valence-electron chi connectivity index (χ2n) is 4.17. The van der Waals surface area contributed by atoms with Gasteiger partial charge in [-0.2, -0.15) is 0 Å². The van der Waals surface area contributed by atoms with E-state index < -0.39 is 12.1 Å². The number of morpholine rings is 1. The van der Waals surface area contributed by atoms with Crippen LogP contribution < -0.4 is 5.32 Å². The maximum atomic E-state index is 11.8. The van der Waals surface area contributed by atoms with E-state index in [1.54, 1.807) is 13.1 Å². The molecule has 0 radical (unpaired) electrons. The number of rotatable bonds is 3. The van der Waals surface area contributed by atoms with Crippen LogP contribution in [0.25, 0.3) is 0 Å². The summed E-state index contributed by atoms with van der Waals surface area (Å²) >= 11 is 0. The number of carboxylic acids is 1. The first kappa shape index (κ1) is 13.3. The van der Waals surface area contributed by atoms with Gasteiger partial charge in [-0.1, -0.05) is 0 Å². The number of ether oxygens (including phenoxy) is 1. The molecule has 1 aliphatic heterocycles. The van der Waals surface area contributed by atoms with E-state index in [-0.39, 0.29) is 25.7 Å². The van der Waals surface area contributed by atoms with E-state index in [1.165, 1.54) is 4.90 Å². The van der Waals surface area contributed by atoms with E-state index in [1.807, 2.05) is 0 Å². The van der Waals surface area contributed by atoms with Crippen LogP contribution in [-0.2, 0) is 16.1 Å². The Morgan fingerprint density at radius 1 is 1.63 bits per heavy atom. The minimum Gasteiger partial charge on any atom is -0.479 e. The zero-order valence-corrected chi connectivity index (χ0v) is 10.5. The van der Waals surface area contributed by atoms with Crippen molar-refractivity contribution >= 4 is 12.0 Å². The normalized spacial score (nSPS) is 19.2. The zero-order chi connectivity index (χ0) is 13.8. The van der Waals surface area contributed by atoms with E-state index in [2.05, 4.69) is 10.3 Å². The Balaban J connectivity index is 1.84. The first-order valence-electron chi connectivity index (χ1n) is 5.85. The molecule has 19 heavy (non-hydrogen) atoms. The average Bonchev–Trinajstić information content (AvgIpc) is 2.82. The lowest BCUT2D eigenvalue weighted by Crippen LogP contribution is -2.51. The van der Waals surface area contributed by atoms with Gasteiger partial charge in [0.15, 0.2) is 6.10 Å². The highest BCUT2D eigenvalue weighted by atomic mass is 16.5. The summed E-state index contributed by atoms with van der Waals surface area (Å²) in [5, 5.41) is 11.5. The van der Waals surface area contributed by atoms with Crippen LogP contribution in [0.3, 0.4) is 0 Å². The highest BCUT2D eigenvalue weighted by Crippen LogP contribution is 2.06. The molecule has 8 heteroatoms. The Morgan fingerprint density at radius 3 is 3.05 bits per heavy atom. The smallest absolute Gasteiger partial charge is 0.334 e. The number of urea groups is 1. The summed E-state index contributed by atoms with van der Waals surface area (Å²) in [6, 6.07) is -0.356. The minimum absolute atomic E-state index is 0.0335. The van der Waals surface area contributed by atoms with Gasteiger partial charge in [-0.3, -0.25) is 0 Å². The van der Waals surface area contributed by atoms with Gasteiger partial charge in [0, 0.05) is 6.54 Å². The molecular formula is C11H15N3O5. The summed E-state index contributed by atoms with van der Waals surface area (Å²) < 4.78 is 10.3. The van der Waals surface area contributed by atoms with Gasteiger partial charge in [-0.05, 0) is 6.92 Å². The SMILES string of the molecule is Cc1cnc(CNC(=O)N2CCOC(C(=O)O)C2)o1. The molecule has 1 unspecified atom stereocenters. The predicted octanol–water partition coefficient (Wildman–Crippen LogP) is -0.0220. The van der Waals surface area contributed by atoms with Crippen molar-refractivity contribution in [3.8, 4) is 0 Å². The first-order chi connectivity index (χ1) is 9.06. The summed E-state index contributed by atoms with van der Waals surface area (Å²) in [7, 11) is 0. The monoisotopic (exact) mass is 269 g/mol. The Bertz CT molecular complexity index is 473. The molecule has 1 saturated heterocycles. The van der Waals surface area contributed by atoms with Crippen molar-refractivity contribution < 1.29 is 23.8 Å². The van der Waals surface area contributed by atoms with E-state index in [0.717, 1.165) is 0 Å². The topological polar surface area (TPSA) is 105 Å². The van der Waals surface area contributed by atoms with Gasteiger partial charge in [0.1, 0.15) is 5.76 Å². The number of hydrogen-bond donors (Lipinski definition) is 2. The number of oxazole rings is 1. The Hall–Kier alpha value is -2.09. The van der Waals surface area contributed by atoms with Gasteiger partial charge in [0.2, 0.25) is 5.89 Å². The maximum absolute atomic E-state index is 11.8. The second kappa shape index (κ2) is 5.70. The number of aromatic nitrogens is 1. The number of aliphatic carboxylic acids is 1. The standard InChI is InChI=1S/C11H15N3O5/c1-7-4-12-9(19-7)5-13-11(17)14-2-3-18-8(6-14)10(15)16/h4,8H,2-3,5-6H2,1H3,(H,13,17)(H,15,16). The second-order valence-corrected chi connectivity index (χ2v) is 4.17. The molecule has 2 amide bonds. The third kappa shape index (κ3) is 3.44. The van der Waals surface area contributed by atoms with Crippen molar-refractivity contribution in [1.82, 2.24) is 15.2 Å². The number of nitrogens with zero attached hydrogens (tertiary/aromatic N) is 2. The molecule has 0 aromatic carbocycles. The molecule has 1 fully saturated rings. The van der Waals surface area contributed by atoms with Crippen LogP contribution in [0.2, 0.25) is 0 Å². The Morgan fingerprint density at radius 2 is 2.42 bits per heavy atom. The average molecular weight is 269 g/mol. The van der Waals surface area contributed by atoms with Gasteiger partial charge in [0.25, 0.3) is 0 Å². The molecule has 0 saturated carbocycles. The number of carbonyl (C=O) groups is 2. The fourth-order valence-electron chi connectivity index (χ4n) is 1.73. The third-order valence-corrected chi connectivity index (χ3v) is 2.69. The van der Waals surface area contributed by atoms with Crippen LogP contribution in [0.15, 0.2) is 10.6 Å². The van der Waals surface area contributed by atoms with Crippen molar-refractivity contribution in [2.24, 2.45) is 0 Å². The highest BCUT2D eigenvalue weighted by molar-refractivity contribution is 5.77. The van der Waals surface area contributed by atoms with E-state index in [4.69, 9.17) is 14.3 Å². The molecular weight excluding hydrogens is 254 g/mol. The minimum atomic E-state index is -1.07. The summed E-state index contributed by atoms with van der Waals surface area (Å²) in [5.41, 5.74) is 0. The number of carboxylic acid groups (broad SMARTS) is 1. The van der Waals surface area contributed by atoms with Crippen LogP contribution in [-0.4, -0.2) is 52.8 Å². The number of aryl methyl sites for hydroxylation is 1. The lowest BCUT2D eigenvalue weighted by molar-refractivity contribution is -0.154. The van der Waals surface area contributed by atoms with Gasteiger partial charge in [0.05, 0.1) is 25.9 Å². The fraction of sp³-hybridized carbons (Fsp3) is 0.545. The van der Waals surface area contributed by atoms with Crippen molar-refractivity contribution in [1.29, 1.82) is 0 Å². The third-order valence-electron chi connectivity index (χ3n) is 2.69. The van der Waals surface area contributed by atoms with Crippen LogP contribution in [0.4, 0.5) is 4.79 Å². The van der Waals surface area contributed by atoms with Gasteiger partial charge < -0.3 is 24.5 Å². The highest BCUT2D eigenvalue weighted by Gasteiger charge is 2.28. The van der Waals surface area contributed by atoms with Gasteiger partial charge in [-0.25, -0.2) is 14.6 Å². The predicted molar refractivity (Wildman–Crippen MR) is 62.4 cm³/mol. The molecule has 1 atom stereocenters. The Kier molecular flexibility index (Phi) is 4.00. The van der Waals surface area contributed by atoms with E-state index in [9.17, 15) is 9.59 Å².